The SMILES string of the molecule is Br.CCC=[CH][Sn]([CH2]CCC)[CH2]CCC. The molecule has 0 fully saturated rings. The minimum absolute atomic E-state index is 0. The third-order valence-corrected chi connectivity index (χ3v) is 9.99. The van der Waals surface area contributed by atoms with Crippen LogP contribution in [-0.2, 0) is 0 Å². The van der Waals surface area contributed by atoms with E-state index in [1.807, 2.05) is 0 Å². The van der Waals surface area contributed by atoms with Gasteiger partial charge in [-0.05, 0) is 0 Å². The maximum absolute atomic E-state index is 2.63. The average Bonchev–Trinajstić information content (AvgIpc) is 2.17. The summed E-state index contributed by atoms with van der Waals surface area (Å²) in [5, 5.41) is 0. The molecule has 0 aliphatic heterocycles. The van der Waals surface area contributed by atoms with Gasteiger partial charge in [-0.25, -0.2) is 0 Å². The van der Waals surface area contributed by atoms with E-state index in [4.69, 9.17) is 0 Å². The summed E-state index contributed by atoms with van der Waals surface area (Å²) in [6, 6.07) is 0. The van der Waals surface area contributed by atoms with Crippen LogP contribution in [0.4, 0.5) is 0 Å². The molecule has 0 aromatic carbocycles. The van der Waals surface area contributed by atoms with Crippen molar-refractivity contribution in [2.75, 3.05) is 0 Å². The monoisotopic (exact) mass is 369 g/mol. The molecule has 0 N–H and O–H groups in total. The van der Waals surface area contributed by atoms with Gasteiger partial charge < -0.3 is 0 Å². The first-order valence-corrected chi connectivity index (χ1v) is 11.5. The molecule has 0 heterocycles. The van der Waals surface area contributed by atoms with E-state index in [0.29, 0.717) is 0 Å². The summed E-state index contributed by atoms with van der Waals surface area (Å²) in [4.78, 5) is 0. The van der Waals surface area contributed by atoms with Crippen LogP contribution in [0, 0.1) is 0 Å². The Balaban J connectivity index is 0. The summed E-state index contributed by atoms with van der Waals surface area (Å²) < 4.78 is 5.82. The van der Waals surface area contributed by atoms with Crippen molar-refractivity contribution < 1.29 is 0 Å². The zero-order valence-corrected chi connectivity index (χ0v) is 14.6. The topological polar surface area (TPSA) is 0 Å². The van der Waals surface area contributed by atoms with Gasteiger partial charge in [0.05, 0.1) is 0 Å². The Labute approximate surface area is 108 Å². The van der Waals surface area contributed by atoms with Crippen molar-refractivity contribution in [2.24, 2.45) is 0 Å². The summed E-state index contributed by atoms with van der Waals surface area (Å²) in [7, 11) is 0. The van der Waals surface area contributed by atoms with Gasteiger partial charge >= 0.3 is 91.7 Å². The number of rotatable bonds is 8. The number of allylic oxidation sites excluding steroid dienone is 1. The standard InChI is InChI=1S/2C4H9.C4H7.BrH.Sn/c3*1-3-4-2;;/h2*1,3-4H2,2H3;1,3H,4H2,2H3;1H;. The van der Waals surface area contributed by atoms with Gasteiger partial charge in [-0.2, -0.15) is 0 Å². The zero-order valence-electron chi connectivity index (χ0n) is 10.0. The van der Waals surface area contributed by atoms with E-state index in [1.54, 1.807) is 8.87 Å². The Morgan fingerprint density at radius 2 is 1.43 bits per heavy atom. The van der Waals surface area contributed by atoms with Gasteiger partial charge in [-0.15, -0.1) is 17.0 Å². The summed E-state index contributed by atoms with van der Waals surface area (Å²) in [6.07, 6.45) is 9.38. The molecule has 0 saturated heterocycles. The van der Waals surface area contributed by atoms with Gasteiger partial charge in [0, 0.05) is 0 Å². The van der Waals surface area contributed by atoms with E-state index in [-0.39, 0.29) is 17.0 Å². The van der Waals surface area contributed by atoms with Crippen LogP contribution in [0.2, 0.25) is 8.87 Å². The van der Waals surface area contributed by atoms with Crippen molar-refractivity contribution in [3.05, 3.63) is 10.2 Å². The van der Waals surface area contributed by atoms with Gasteiger partial charge in [0.2, 0.25) is 0 Å². The van der Waals surface area contributed by atoms with Crippen LogP contribution in [0.15, 0.2) is 10.2 Å². The van der Waals surface area contributed by atoms with Gasteiger partial charge in [0.25, 0.3) is 0 Å². The Kier molecular flexibility index (Phi) is 17.4. The summed E-state index contributed by atoms with van der Waals surface area (Å²) >= 11 is -1.02. The molecule has 1 radical (unpaired) electrons. The Morgan fingerprint density at radius 3 is 1.79 bits per heavy atom. The first-order valence-electron chi connectivity index (χ1n) is 5.86. The molecule has 0 unspecified atom stereocenters. The first kappa shape index (κ1) is 17.4. The van der Waals surface area contributed by atoms with Crippen molar-refractivity contribution in [3.8, 4) is 0 Å². The van der Waals surface area contributed by atoms with Gasteiger partial charge in [-0.1, -0.05) is 0 Å². The van der Waals surface area contributed by atoms with E-state index < -0.39 is 19.8 Å². The molecule has 14 heavy (non-hydrogen) atoms. The second-order valence-corrected chi connectivity index (χ2v) is 11.2. The first-order chi connectivity index (χ1) is 6.35. The summed E-state index contributed by atoms with van der Waals surface area (Å²) in [5.41, 5.74) is 0. The predicted molar refractivity (Wildman–Crippen MR) is 74.9 cm³/mol. The third kappa shape index (κ3) is 11.1. The molecular weight excluding hydrogens is 343 g/mol. The molecule has 0 amide bonds. The minimum atomic E-state index is -1.02. The molecule has 0 rings (SSSR count). The average molecular weight is 369 g/mol. The van der Waals surface area contributed by atoms with Crippen molar-refractivity contribution in [1.29, 1.82) is 0 Å². The van der Waals surface area contributed by atoms with Crippen LogP contribution in [0.5, 0.6) is 0 Å². The molecule has 85 valence electrons. The molecule has 0 bridgehead atoms. The molecule has 0 saturated carbocycles. The fourth-order valence-corrected chi connectivity index (χ4v) is 9.28. The molecule has 0 aromatic rings. The Morgan fingerprint density at radius 1 is 0.929 bits per heavy atom. The molecule has 0 aliphatic rings. The van der Waals surface area contributed by atoms with Crippen LogP contribution in [-0.4, -0.2) is 19.8 Å². The number of halogens is 1. The number of unbranched alkanes of at least 4 members (excludes halogenated alkanes) is 2. The molecule has 0 aliphatic carbocycles. The van der Waals surface area contributed by atoms with E-state index in [1.165, 1.54) is 32.1 Å². The Hall–Kier alpha value is 1.02. The molecular formula is C12H26BrSn. The second-order valence-electron chi connectivity index (χ2n) is 3.68. The zero-order chi connectivity index (χ0) is 9.94. The predicted octanol–water partition coefficient (Wildman–Crippen LogP) is 5.16. The van der Waals surface area contributed by atoms with Crippen LogP contribution in [0.25, 0.3) is 0 Å². The molecule has 0 nitrogen and oxygen atoms in total. The quantitative estimate of drug-likeness (QED) is 0.519. The molecule has 0 aromatic heterocycles. The van der Waals surface area contributed by atoms with Crippen molar-refractivity contribution >= 4 is 36.7 Å². The fourth-order valence-electron chi connectivity index (χ4n) is 1.38. The van der Waals surface area contributed by atoms with Crippen LogP contribution in [0.3, 0.4) is 0 Å². The normalized spacial score (nSPS) is 10.9. The fraction of sp³-hybridized carbons (Fsp3) is 0.833. The maximum atomic E-state index is 2.63. The van der Waals surface area contributed by atoms with Crippen molar-refractivity contribution in [2.45, 2.75) is 61.7 Å². The van der Waals surface area contributed by atoms with E-state index >= 15 is 0 Å². The molecule has 2 heteroatoms. The number of hydrogen-bond donors (Lipinski definition) is 0. The molecule has 0 atom stereocenters. The van der Waals surface area contributed by atoms with Gasteiger partial charge in [0.1, 0.15) is 0 Å². The summed E-state index contributed by atoms with van der Waals surface area (Å²) in [5.74, 6) is 0. The van der Waals surface area contributed by atoms with Gasteiger partial charge in [-0.3, -0.25) is 0 Å². The van der Waals surface area contributed by atoms with Crippen LogP contribution >= 0.6 is 17.0 Å². The number of hydrogen-bond acceptors (Lipinski definition) is 0. The van der Waals surface area contributed by atoms with Crippen molar-refractivity contribution in [3.63, 3.8) is 0 Å². The Bertz CT molecular complexity index is 115. The van der Waals surface area contributed by atoms with E-state index in [0.717, 1.165) is 0 Å². The third-order valence-electron chi connectivity index (χ3n) is 2.29. The molecule has 0 spiro atoms. The van der Waals surface area contributed by atoms with Crippen LogP contribution < -0.4 is 0 Å². The summed E-state index contributed by atoms with van der Waals surface area (Å²) in [6.45, 7) is 6.87. The van der Waals surface area contributed by atoms with Gasteiger partial charge in [0.15, 0.2) is 0 Å². The van der Waals surface area contributed by atoms with E-state index in [2.05, 4.69) is 30.9 Å². The van der Waals surface area contributed by atoms with Crippen LogP contribution in [0.1, 0.15) is 52.9 Å². The van der Waals surface area contributed by atoms with E-state index in [9.17, 15) is 0 Å². The van der Waals surface area contributed by atoms with Crippen molar-refractivity contribution in [1.82, 2.24) is 0 Å². The second kappa shape index (κ2) is 14.0.